The maximum absolute atomic E-state index is 13.0. The van der Waals surface area contributed by atoms with Crippen LogP contribution in [-0.4, -0.2) is 61.7 Å². The number of nitrogens with one attached hydrogen (secondary N) is 1. The summed E-state index contributed by atoms with van der Waals surface area (Å²) in [5.74, 6) is -0.419. The van der Waals surface area contributed by atoms with Crippen LogP contribution in [0.4, 0.5) is 0 Å². The molecule has 2 heterocycles. The molecule has 0 aliphatic carbocycles. The highest BCUT2D eigenvalue weighted by Crippen LogP contribution is 2.24. The van der Waals surface area contributed by atoms with Gasteiger partial charge in [0.2, 0.25) is 21.8 Å². The Morgan fingerprint density at radius 2 is 1.81 bits per heavy atom. The fourth-order valence-corrected chi connectivity index (χ4v) is 5.82. The number of sulfonamides is 1. The van der Waals surface area contributed by atoms with Crippen LogP contribution in [0.1, 0.15) is 32.6 Å². The number of halogens is 1. The molecule has 7 nitrogen and oxygen atoms in total. The number of carbonyl (C=O) groups excluding carboxylic acids is 2. The average Bonchev–Trinajstić information content (AvgIpc) is 3.16. The van der Waals surface area contributed by atoms with E-state index in [2.05, 4.69) is 4.72 Å². The molecule has 2 aromatic rings. The number of fused-ring (bicyclic) bond motifs is 1. The number of benzene rings is 2. The minimum Gasteiger partial charge on any atom is -0.338 e. The number of amides is 2. The molecule has 2 atom stereocenters. The third-order valence-corrected chi connectivity index (χ3v) is 7.82. The Morgan fingerprint density at radius 1 is 1.10 bits per heavy atom. The van der Waals surface area contributed by atoms with Gasteiger partial charge in [-0.2, -0.15) is 4.72 Å². The Hall–Kier alpha value is -2.16. The lowest BCUT2D eigenvalue weighted by Crippen LogP contribution is -2.54. The first kappa shape index (κ1) is 22.0. The molecule has 31 heavy (non-hydrogen) atoms. The van der Waals surface area contributed by atoms with Gasteiger partial charge in [-0.05, 0) is 67.6 Å². The van der Waals surface area contributed by atoms with Gasteiger partial charge in [0.25, 0.3) is 0 Å². The molecule has 1 N–H and O–H groups in total. The second kappa shape index (κ2) is 8.76. The molecule has 0 bridgehead atoms. The zero-order valence-electron chi connectivity index (χ0n) is 17.4. The van der Waals surface area contributed by atoms with Crippen LogP contribution in [0.2, 0.25) is 5.02 Å². The summed E-state index contributed by atoms with van der Waals surface area (Å²) >= 11 is 5.99. The van der Waals surface area contributed by atoms with Crippen LogP contribution in [0.3, 0.4) is 0 Å². The molecule has 166 valence electrons. The summed E-state index contributed by atoms with van der Waals surface area (Å²) in [5, 5.41) is 2.15. The highest BCUT2D eigenvalue weighted by molar-refractivity contribution is 7.89. The van der Waals surface area contributed by atoms with E-state index in [0.717, 1.165) is 23.6 Å². The SMILES string of the molecule is CC1CCCN1C(=O)CN1CCCC(NS(=O)(=O)c2ccc3cc(Cl)ccc3c2)C1=O. The van der Waals surface area contributed by atoms with E-state index in [4.69, 9.17) is 11.6 Å². The third-order valence-electron chi connectivity index (χ3n) is 6.11. The van der Waals surface area contributed by atoms with Gasteiger partial charge in [0.05, 0.1) is 11.4 Å². The van der Waals surface area contributed by atoms with Crippen LogP contribution in [0.5, 0.6) is 0 Å². The summed E-state index contributed by atoms with van der Waals surface area (Å²) in [4.78, 5) is 28.9. The molecule has 0 radical (unpaired) electrons. The molecule has 2 fully saturated rings. The van der Waals surface area contributed by atoms with E-state index in [9.17, 15) is 18.0 Å². The molecule has 0 saturated carbocycles. The maximum Gasteiger partial charge on any atom is 0.242 e. The molecule has 9 heteroatoms. The lowest BCUT2D eigenvalue weighted by molar-refractivity contribution is -0.143. The second-order valence-electron chi connectivity index (χ2n) is 8.31. The molecule has 2 saturated heterocycles. The Balaban J connectivity index is 1.47. The number of hydrogen-bond acceptors (Lipinski definition) is 4. The minimum atomic E-state index is -3.90. The van der Waals surface area contributed by atoms with Crippen molar-refractivity contribution in [2.45, 2.75) is 49.6 Å². The van der Waals surface area contributed by atoms with Crippen molar-refractivity contribution in [3.05, 3.63) is 41.4 Å². The van der Waals surface area contributed by atoms with E-state index in [1.165, 1.54) is 11.0 Å². The normalized spacial score (nSPS) is 22.3. The van der Waals surface area contributed by atoms with Crippen molar-refractivity contribution in [2.75, 3.05) is 19.6 Å². The van der Waals surface area contributed by atoms with Gasteiger partial charge in [0.1, 0.15) is 6.04 Å². The van der Waals surface area contributed by atoms with Crippen LogP contribution in [0.15, 0.2) is 41.3 Å². The van der Waals surface area contributed by atoms with Crippen LogP contribution in [-0.2, 0) is 19.6 Å². The predicted molar refractivity (Wildman–Crippen MR) is 119 cm³/mol. The van der Waals surface area contributed by atoms with Crippen molar-refractivity contribution < 1.29 is 18.0 Å². The summed E-state index contributed by atoms with van der Waals surface area (Å²) in [5.41, 5.74) is 0. The molecule has 4 rings (SSSR count). The van der Waals surface area contributed by atoms with Crippen molar-refractivity contribution >= 4 is 44.2 Å². The third kappa shape index (κ3) is 4.71. The number of carbonyl (C=O) groups is 2. The number of nitrogens with zero attached hydrogens (tertiary/aromatic N) is 2. The van der Waals surface area contributed by atoms with Crippen LogP contribution < -0.4 is 4.72 Å². The van der Waals surface area contributed by atoms with Gasteiger partial charge in [0, 0.05) is 24.2 Å². The van der Waals surface area contributed by atoms with Gasteiger partial charge in [-0.15, -0.1) is 0 Å². The first-order valence-corrected chi connectivity index (χ1v) is 12.4. The summed E-state index contributed by atoms with van der Waals surface area (Å²) in [7, 11) is -3.90. The van der Waals surface area contributed by atoms with Gasteiger partial charge < -0.3 is 9.80 Å². The van der Waals surface area contributed by atoms with E-state index >= 15 is 0 Å². The fraction of sp³-hybridized carbons (Fsp3) is 0.455. The molecular weight excluding hydrogens is 438 g/mol. The van der Waals surface area contributed by atoms with Gasteiger partial charge >= 0.3 is 0 Å². The molecule has 0 aromatic heterocycles. The van der Waals surface area contributed by atoms with Gasteiger partial charge in [-0.3, -0.25) is 9.59 Å². The quantitative estimate of drug-likeness (QED) is 0.738. The smallest absolute Gasteiger partial charge is 0.242 e. The number of rotatable bonds is 5. The number of likely N-dealkylation sites (tertiary alicyclic amines) is 2. The standard InChI is InChI=1S/C22H26ClN3O4S/c1-15-4-2-11-26(15)21(27)14-25-10-3-5-20(22(25)28)24-31(29,30)19-9-7-16-12-18(23)8-6-17(16)13-19/h6-9,12-13,15,20,24H,2-5,10-11,14H2,1H3. The van der Waals surface area contributed by atoms with E-state index in [-0.39, 0.29) is 29.3 Å². The highest BCUT2D eigenvalue weighted by atomic mass is 35.5. The van der Waals surface area contributed by atoms with E-state index in [1.807, 2.05) is 11.8 Å². The lowest BCUT2D eigenvalue weighted by atomic mass is 10.1. The van der Waals surface area contributed by atoms with E-state index < -0.39 is 16.1 Å². The van der Waals surface area contributed by atoms with Crippen LogP contribution in [0.25, 0.3) is 10.8 Å². The van der Waals surface area contributed by atoms with Gasteiger partial charge in [0.15, 0.2) is 0 Å². The largest absolute Gasteiger partial charge is 0.338 e. The van der Waals surface area contributed by atoms with Crippen molar-refractivity contribution in [3.8, 4) is 0 Å². The van der Waals surface area contributed by atoms with Crippen molar-refractivity contribution in [3.63, 3.8) is 0 Å². The zero-order valence-corrected chi connectivity index (χ0v) is 19.0. The molecule has 0 spiro atoms. The molecule has 2 aliphatic heterocycles. The average molecular weight is 464 g/mol. The zero-order chi connectivity index (χ0) is 22.2. The van der Waals surface area contributed by atoms with Crippen molar-refractivity contribution in [2.24, 2.45) is 0 Å². The minimum absolute atomic E-state index is 0.00185. The van der Waals surface area contributed by atoms with E-state index in [0.29, 0.717) is 31.0 Å². The van der Waals surface area contributed by atoms with Crippen molar-refractivity contribution in [1.29, 1.82) is 0 Å². The monoisotopic (exact) mass is 463 g/mol. The lowest BCUT2D eigenvalue weighted by Gasteiger charge is -2.33. The first-order valence-electron chi connectivity index (χ1n) is 10.5. The topological polar surface area (TPSA) is 86.8 Å². The summed E-state index contributed by atoms with van der Waals surface area (Å²) in [6.45, 7) is 3.18. The fourth-order valence-electron chi connectivity index (χ4n) is 4.38. The number of hydrogen-bond donors (Lipinski definition) is 1. The maximum atomic E-state index is 13.0. The highest BCUT2D eigenvalue weighted by Gasteiger charge is 2.35. The Labute approximate surface area is 187 Å². The van der Waals surface area contributed by atoms with Crippen LogP contribution in [0, 0.1) is 0 Å². The number of piperidine rings is 1. The predicted octanol–water partition coefficient (Wildman–Crippen LogP) is 2.77. The first-order chi connectivity index (χ1) is 14.7. The van der Waals surface area contributed by atoms with Gasteiger partial charge in [-0.1, -0.05) is 23.7 Å². The Morgan fingerprint density at radius 3 is 2.55 bits per heavy atom. The Kier molecular flexibility index (Phi) is 6.23. The van der Waals surface area contributed by atoms with Crippen LogP contribution >= 0.6 is 11.6 Å². The van der Waals surface area contributed by atoms with E-state index in [1.54, 1.807) is 30.3 Å². The molecule has 2 aromatic carbocycles. The Bertz CT molecular complexity index is 1120. The van der Waals surface area contributed by atoms with Gasteiger partial charge in [-0.25, -0.2) is 8.42 Å². The summed E-state index contributed by atoms with van der Waals surface area (Å²) < 4.78 is 28.5. The molecular formula is C22H26ClN3O4S. The molecule has 2 aliphatic rings. The summed E-state index contributed by atoms with van der Waals surface area (Å²) in [6, 6.07) is 9.31. The molecule has 2 amide bonds. The summed E-state index contributed by atoms with van der Waals surface area (Å²) in [6.07, 6.45) is 2.99. The second-order valence-corrected chi connectivity index (χ2v) is 10.5. The molecule has 2 unspecified atom stereocenters. The van der Waals surface area contributed by atoms with Crippen molar-refractivity contribution in [1.82, 2.24) is 14.5 Å².